The number of pyridine rings is 1. The molecule has 0 aliphatic carbocycles. The molecule has 1 aromatic carbocycles. The van der Waals surface area contributed by atoms with Crippen LogP contribution in [0.4, 0.5) is 0 Å². The highest BCUT2D eigenvalue weighted by Crippen LogP contribution is 2.20. The van der Waals surface area contributed by atoms with E-state index in [1.807, 2.05) is 32.0 Å². The second-order valence-corrected chi connectivity index (χ2v) is 5.05. The van der Waals surface area contributed by atoms with Crippen LogP contribution < -0.4 is 4.74 Å². The Balaban J connectivity index is 2.35. The van der Waals surface area contributed by atoms with Crippen LogP contribution >= 0.6 is 15.9 Å². The first kappa shape index (κ1) is 13.7. The number of carbonyl (C=O) groups is 1. The molecule has 0 N–H and O–H groups in total. The Bertz CT molecular complexity index is 611. The summed E-state index contributed by atoms with van der Waals surface area (Å²) in [5.41, 5.74) is 2.15. The van der Waals surface area contributed by atoms with Gasteiger partial charge in [-0.1, -0.05) is 15.9 Å². The van der Waals surface area contributed by atoms with E-state index in [-0.39, 0.29) is 5.78 Å². The van der Waals surface area contributed by atoms with Crippen LogP contribution in [0.5, 0.6) is 5.75 Å². The first-order chi connectivity index (χ1) is 9.11. The van der Waals surface area contributed by atoms with Gasteiger partial charge in [0.1, 0.15) is 5.75 Å². The maximum absolute atomic E-state index is 12.4. The summed E-state index contributed by atoms with van der Waals surface area (Å²) < 4.78 is 6.32. The average Bonchev–Trinajstić information content (AvgIpc) is 2.39. The smallest absolute Gasteiger partial charge is 0.194 e. The maximum atomic E-state index is 12.4. The summed E-state index contributed by atoms with van der Waals surface area (Å²) in [6.45, 7) is 4.36. The number of halogens is 1. The number of nitrogens with zero attached hydrogens (tertiary/aromatic N) is 1. The Labute approximate surface area is 120 Å². The van der Waals surface area contributed by atoms with Crippen molar-refractivity contribution in [2.75, 3.05) is 6.61 Å². The first-order valence-electron chi connectivity index (χ1n) is 6.00. The summed E-state index contributed by atoms with van der Waals surface area (Å²) in [4.78, 5) is 16.5. The van der Waals surface area contributed by atoms with Crippen molar-refractivity contribution in [2.24, 2.45) is 0 Å². The van der Waals surface area contributed by atoms with Crippen molar-refractivity contribution in [2.45, 2.75) is 13.8 Å². The van der Waals surface area contributed by atoms with Gasteiger partial charge in [0, 0.05) is 21.8 Å². The number of rotatable bonds is 4. The van der Waals surface area contributed by atoms with Gasteiger partial charge in [-0.25, -0.2) is 0 Å². The number of ether oxygens (including phenoxy) is 1. The van der Waals surface area contributed by atoms with Crippen LogP contribution in [0, 0.1) is 6.92 Å². The molecule has 0 aliphatic heterocycles. The predicted octanol–water partition coefficient (Wildman–Crippen LogP) is 3.78. The van der Waals surface area contributed by atoms with Gasteiger partial charge in [0.25, 0.3) is 0 Å². The zero-order chi connectivity index (χ0) is 13.8. The molecule has 1 aromatic heterocycles. The largest absolute Gasteiger partial charge is 0.492 e. The van der Waals surface area contributed by atoms with Gasteiger partial charge < -0.3 is 4.74 Å². The topological polar surface area (TPSA) is 39.2 Å². The third kappa shape index (κ3) is 3.20. The van der Waals surface area contributed by atoms with Gasteiger partial charge in [-0.3, -0.25) is 9.78 Å². The molecule has 0 fully saturated rings. The molecule has 0 aliphatic rings. The van der Waals surface area contributed by atoms with E-state index in [9.17, 15) is 4.79 Å². The number of hydrogen-bond acceptors (Lipinski definition) is 3. The third-order valence-corrected chi connectivity index (χ3v) is 3.21. The van der Waals surface area contributed by atoms with E-state index in [0.29, 0.717) is 23.5 Å². The van der Waals surface area contributed by atoms with E-state index in [2.05, 4.69) is 20.9 Å². The van der Waals surface area contributed by atoms with Crippen LogP contribution in [0.2, 0.25) is 0 Å². The Kier molecular flexibility index (Phi) is 4.32. The van der Waals surface area contributed by atoms with Crippen LogP contribution in [-0.4, -0.2) is 17.4 Å². The molecule has 4 heteroatoms. The summed E-state index contributed by atoms with van der Waals surface area (Å²) in [6.07, 6.45) is 3.17. The second-order valence-electron chi connectivity index (χ2n) is 4.13. The molecule has 0 saturated heterocycles. The van der Waals surface area contributed by atoms with Crippen molar-refractivity contribution >= 4 is 21.7 Å². The molecular weight excluding hydrogens is 306 g/mol. The molecule has 2 rings (SSSR count). The van der Waals surface area contributed by atoms with E-state index in [1.165, 1.54) is 0 Å². The fraction of sp³-hybridized carbons (Fsp3) is 0.200. The minimum absolute atomic E-state index is 0.0425. The molecule has 2 aromatic rings. The Hall–Kier alpha value is -1.68. The van der Waals surface area contributed by atoms with E-state index < -0.39 is 0 Å². The minimum atomic E-state index is -0.0425. The Morgan fingerprint density at radius 1 is 1.32 bits per heavy atom. The molecule has 3 nitrogen and oxygen atoms in total. The number of hydrogen-bond donors (Lipinski definition) is 0. The number of ketones is 1. The summed E-state index contributed by atoms with van der Waals surface area (Å²) >= 11 is 3.39. The van der Waals surface area contributed by atoms with Crippen molar-refractivity contribution in [1.82, 2.24) is 4.98 Å². The summed E-state index contributed by atoms with van der Waals surface area (Å²) in [7, 11) is 0. The zero-order valence-electron chi connectivity index (χ0n) is 10.8. The molecule has 0 amide bonds. The van der Waals surface area contributed by atoms with Crippen molar-refractivity contribution in [3.8, 4) is 5.75 Å². The highest BCUT2D eigenvalue weighted by molar-refractivity contribution is 9.10. The standard InChI is InChI=1S/C15H14BrNO2/c1-3-19-13-7-11(8-17-9-13)15(18)14-5-4-12(16)6-10(14)2/h4-9H,3H2,1-2H3. The summed E-state index contributed by atoms with van der Waals surface area (Å²) in [5, 5.41) is 0. The van der Waals surface area contributed by atoms with Crippen LogP contribution in [-0.2, 0) is 0 Å². The molecule has 19 heavy (non-hydrogen) atoms. The second kappa shape index (κ2) is 5.97. The normalized spacial score (nSPS) is 10.3. The third-order valence-electron chi connectivity index (χ3n) is 2.72. The lowest BCUT2D eigenvalue weighted by Crippen LogP contribution is -2.05. The summed E-state index contributed by atoms with van der Waals surface area (Å²) in [6, 6.07) is 7.32. The van der Waals surface area contributed by atoms with E-state index in [1.54, 1.807) is 18.5 Å². The quantitative estimate of drug-likeness (QED) is 0.805. The van der Waals surface area contributed by atoms with Gasteiger partial charge in [0.2, 0.25) is 0 Å². The van der Waals surface area contributed by atoms with Crippen molar-refractivity contribution in [3.05, 3.63) is 57.8 Å². The zero-order valence-corrected chi connectivity index (χ0v) is 12.4. The fourth-order valence-corrected chi connectivity index (χ4v) is 2.30. The summed E-state index contributed by atoms with van der Waals surface area (Å²) in [5.74, 6) is 0.571. The predicted molar refractivity (Wildman–Crippen MR) is 77.7 cm³/mol. The molecule has 0 atom stereocenters. The first-order valence-corrected chi connectivity index (χ1v) is 6.80. The van der Waals surface area contributed by atoms with Crippen LogP contribution in [0.3, 0.4) is 0 Å². The van der Waals surface area contributed by atoms with Gasteiger partial charge in [-0.15, -0.1) is 0 Å². The lowest BCUT2D eigenvalue weighted by molar-refractivity contribution is 0.103. The molecule has 0 saturated carbocycles. The fourth-order valence-electron chi connectivity index (χ4n) is 1.83. The number of aryl methyl sites for hydroxylation is 1. The van der Waals surface area contributed by atoms with Gasteiger partial charge >= 0.3 is 0 Å². The Morgan fingerprint density at radius 2 is 2.11 bits per heavy atom. The van der Waals surface area contributed by atoms with Gasteiger partial charge in [0.05, 0.1) is 12.8 Å². The van der Waals surface area contributed by atoms with E-state index >= 15 is 0 Å². The van der Waals surface area contributed by atoms with E-state index in [0.717, 1.165) is 10.0 Å². The molecule has 0 unspecified atom stereocenters. The molecule has 0 radical (unpaired) electrons. The average molecular weight is 320 g/mol. The number of aromatic nitrogens is 1. The van der Waals surface area contributed by atoms with Crippen LogP contribution in [0.1, 0.15) is 28.4 Å². The minimum Gasteiger partial charge on any atom is -0.492 e. The van der Waals surface area contributed by atoms with Gasteiger partial charge in [-0.05, 0) is 43.7 Å². The maximum Gasteiger partial charge on any atom is 0.194 e. The monoisotopic (exact) mass is 319 g/mol. The molecular formula is C15H14BrNO2. The molecule has 1 heterocycles. The van der Waals surface area contributed by atoms with Gasteiger partial charge in [-0.2, -0.15) is 0 Å². The molecule has 0 spiro atoms. The van der Waals surface area contributed by atoms with Crippen LogP contribution in [0.25, 0.3) is 0 Å². The lowest BCUT2D eigenvalue weighted by atomic mass is 10.0. The molecule has 98 valence electrons. The lowest BCUT2D eigenvalue weighted by Gasteiger charge is -2.07. The van der Waals surface area contributed by atoms with Crippen molar-refractivity contribution in [3.63, 3.8) is 0 Å². The highest BCUT2D eigenvalue weighted by Gasteiger charge is 2.13. The van der Waals surface area contributed by atoms with E-state index in [4.69, 9.17) is 4.74 Å². The SMILES string of the molecule is CCOc1cncc(C(=O)c2ccc(Br)cc2C)c1. The van der Waals surface area contributed by atoms with Crippen molar-refractivity contribution in [1.29, 1.82) is 0 Å². The Morgan fingerprint density at radius 3 is 2.79 bits per heavy atom. The van der Waals surface area contributed by atoms with Gasteiger partial charge in [0.15, 0.2) is 5.78 Å². The molecule has 0 bridgehead atoms. The number of carbonyl (C=O) groups excluding carboxylic acids is 1. The van der Waals surface area contributed by atoms with Crippen molar-refractivity contribution < 1.29 is 9.53 Å². The van der Waals surface area contributed by atoms with Crippen LogP contribution in [0.15, 0.2) is 41.1 Å². The highest BCUT2D eigenvalue weighted by atomic mass is 79.9. The number of benzene rings is 1.